The van der Waals surface area contributed by atoms with E-state index in [1.807, 2.05) is 67.8 Å². The molecule has 1 N–H and O–H groups in total. The maximum Gasteiger partial charge on any atom is 0.262 e. The van der Waals surface area contributed by atoms with Crippen molar-refractivity contribution in [2.45, 2.75) is 26.5 Å². The molecule has 0 aliphatic rings. The van der Waals surface area contributed by atoms with Crippen LogP contribution in [0.1, 0.15) is 11.1 Å². The average molecular weight is 407 g/mol. The molecule has 0 spiro atoms. The summed E-state index contributed by atoms with van der Waals surface area (Å²) in [7, 11) is 0. The molecule has 148 valence electrons. The molecule has 4 rings (SSSR count). The number of hydrogen-bond donors (Lipinski definition) is 1. The van der Waals surface area contributed by atoms with Crippen molar-refractivity contribution in [2.24, 2.45) is 0 Å². The van der Waals surface area contributed by atoms with Gasteiger partial charge in [0.2, 0.25) is 0 Å². The molecule has 2 heterocycles. The van der Waals surface area contributed by atoms with Crippen molar-refractivity contribution in [3.05, 3.63) is 81.7 Å². The van der Waals surface area contributed by atoms with Crippen LogP contribution in [-0.2, 0) is 6.54 Å². The Morgan fingerprint density at radius 3 is 2.69 bits per heavy atom. The Kier molecular flexibility index (Phi) is 5.47. The largest absolute Gasteiger partial charge is 0.491 e. The van der Waals surface area contributed by atoms with Gasteiger partial charge in [-0.05, 0) is 37.1 Å². The van der Waals surface area contributed by atoms with Crippen LogP contribution in [0.15, 0.2) is 65.0 Å². The summed E-state index contributed by atoms with van der Waals surface area (Å²) in [5.41, 5.74) is 3.97. The number of aliphatic hydroxyl groups excluding tert-OH is 1. The third-order valence-electron chi connectivity index (χ3n) is 4.76. The van der Waals surface area contributed by atoms with Gasteiger partial charge in [0, 0.05) is 10.9 Å². The van der Waals surface area contributed by atoms with Crippen LogP contribution < -0.4 is 10.3 Å². The maximum absolute atomic E-state index is 13.1. The van der Waals surface area contributed by atoms with Gasteiger partial charge in [-0.25, -0.2) is 4.98 Å². The van der Waals surface area contributed by atoms with Crippen molar-refractivity contribution >= 4 is 21.6 Å². The number of ether oxygens (including phenoxy) is 1. The van der Waals surface area contributed by atoms with E-state index < -0.39 is 6.10 Å². The molecule has 1 unspecified atom stereocenters. The summed E-state index contributed by atoms with van der Waals surface area (Å²) in [5, 5.41) is 12.9. The average Bonchev–Trinajstić information content (AvgIpc) is 3.14. The lowest BCUT2D eigenvalue weighted by Crippen LogP contribution is -2.30. The highest BCUT2D eigenvalue weighted by Crippen LogP contribution is 2.30. The van der Waals surface area contributed by atoms with E-state index in [9.17, 15) is 9.90 Å². The number of aryl methyl sites for hydroxylation is 2. The molecule has 0 aliphatic heterocycles. The Hall–Kier alpha value is -2.96. The SMILES string of the molecule is Cc1ccc(-c2csc3ncn(CC(O)COc4cccc(C)c4)c(=O)c23)cc1. The van der Waals surface area contributed by atoms with Crippen molar-refractivity contribution in [2.75, 3.05) is 6.61 Å². The van der Waals surface area contributed by atoms with Crippen LogP contribution in [0.3, 0.4) is 0 Å². The highest BCUT2D eigenvalue weighted by atomic mass is 32.1. The minimum atomic E-state index is -0.825. The Morgan fingerprint density at radius 2 is 1.93 bits per heavy atom. The lowest BCUT2D eigenvalue weighted by Gasteiger charge is -2.14. The molecule has 0 aliphatic carbocycles. The standard InChI is InChI=1S/C23H22N2O3S/c1-15-6-8-17(9-7-15)20-13-29-22-21(20)23(27)25(14-24-22)11-18(26)12-28-19-5-3-4-16(2)10-19/h3-10,13-14,18,26H,11-12H2,1-2H3. The summed E-state index contributed by atoms with van der Waals surface area (Å²) in [6.45, 7) is 4.24. The molecular weight excluding hydrogens is 384 g/mol. The van der Waals surface area contributed by atoms with Crippen LogP contribution in [0.2, 0.25) is 0 Å². The number of aromatic nitrogens is 2. The summed E-state index contributed by atoms with van der Waals surface area (Å²) in [6.07, 6.45) is 0.671. The normalized spacial score (nSPS) is 12.2. The van der Waals surface area contributed by atoms with Crippen molar-refractivity contribution in [1.82, 2.24) is 9.55 Å². The zero-order valence-corrected chi connectivity index (χ0v) is 17.1. The molecule has 1 atom stereocenters. The lowest BCUT2D eigenvalue weighted by molar-refractivity contribution is 0.0914. The highest BCUT2D eigenvalue weighted by molar-refractivity contribution is 7.17. The van der Waals surface area contributed by atoms with Crippen LogP contribution in [0.4, 0.5) is 0 Å². The maximum atomic E-state index is 13.1. The quantitative estimate of drug-likeness (QED) is 0.522. The van der Waals surface area contributed by atoms with Gasteiger partial charge in [-0.15, -0.1) is 11.3 Å². The first kappa shape index (κ1) is 19.4. The summed E-state index contributed by atoms with van der Waals surface area (Å²) in [4.78, 5) is 18.2. The van der Waals surface area contributed by atoms with E-state index in [0.717, 1.165) is 16.7 Å². The monoisotopic (exact) mass is 406 g/mol. The van der Waals surface area contributed by atoms with Crippen LogP contribution >= 0.6 is 11.3 Å². The molecule has 29 heavy (non-hydrogen) atoms. The molecule has 0 bridgehead atoms. The van der Waals surface area contributed by atoms with Gasteiger partial charge < -0.3 is 9.84 Å². The van der Waals surface area contributed by atoms with Gasteiger partial charge in [0.15, 0.2) is 0 Å². The van der Waals surface area contributed by atoms with Gasteiger partial charge in [0.25, 0.3) is 5.56 Å². The second-order valence-corrected chi connectivity index (χ2v) is 8.04. The zero-order valence-electron chi connectivity index (χ0n) is 16.3. The minimum absolute atomic E-state index is 0.0996. The third kappa shape index (κ3) is 4.23. The van der Waals surface area contributed by atoms with E-state index in [1.165, 1.54) is 27.8 Å². The van der Waals surface area contributed by atoms with E-state index >= 15 is 0 Å². The molecule has 5 nitrogen and oxygen atoms in total. The topological polar surface area (TPSA) is 64.3 Å². The van der Waals surface area contributed by atoms with Gasteiger partial charge in [0.1, 0.15) is 23.3 Å². The fourth-order valence-electron chi connectivity index (χ4n) is 3.22. The predicted octanol–water partition coefficient (Wildman–Crippen LogP) is 4.18. The van der Waals surface area contributed by atoms with Gasteiger partial charge in [-0.1, -0.05) is 42.0 Å². The Bertz CT molecular complexity index is 1190. The third-order valence-corrected chi connectivity index (χ3v) is 5.65. The summed E-state index contributed by atoms with van der Waals surface area (Å²) in [6, 6.07) is 15.7. The number of aliphatic hydroxyl groups is 1. The molecule has 2 aromatic heterocycles. The molecule has 0 saturated carbocycles. The van der Waals surface area contributed by atoms with Crippen molar-refractivity contribution in [3.63, 3.8) is 0 Å². The van der Waals surface area contributed by atoms with Crippen LogP contribution in [0.5, 0.6) is 5.75 Å². The van der Waals surface area contributed by atoms with Crippen molar-refractivity contribution in [1.29, 1.82) is 0 Å². The molecule has 0 saturated heterocycles. The van der Waals surface area contributed by atoms with Crippen LogP contribution in [0, 0.1) is 13.8 Å². The van der Waals surface area contributed by atoms with E-state index in [1.54, 1.807) is 0 Å². The van der Waals surface area contributed by atoms with Gasteiger partial charge in [-0.3, -0.25) is 9.36 Å². The van der Waals surface area contributed by atoms with E-state index in [0.29, 0.717) is 16.0 Å². The molecule has 4 aromatic rings. The zero-order chi connectivity index (χ0) is 20.4. The van der Waals surface area contributed by atoms with Crippen molar-refractivity contribution < 1.29 is 9.84 Å². The smallest absolute Gasteiger partial charge is 0.262 e. The Morgan fingerprint density at radius 1 is 1.14 bits per heavy atom. The second-order valence-electron chi connectivity index (χ2n) is 7.18. The number of fused-ring (bicyclic) bond motifs is 1. The number of benzene rings is 2. The molecule has 0 fully saturated rings. The fraction of sp³-hybridized carbons (Fsp3) is 0.217. The summed E-state index contributed by atoms with van der Waals surface area (Å²) < 4.78 is 7.11. The van der Waals surface area contributed by atoms with Crippen molar-refractivity contribution in [3.8, 4) is 16.9 Å². The molecule has 0 amide bonds. The first-order chi connectivity index (χ1) is 14.0. The van der Waals surface area contributed by atoms with Crippen LogP contribution in [-0.4, -0.2) is 27.4 Å². The lowest BCUT2D eigenvalue weighted by atomic mass is 10.1. The van der Waals surface area contributed by atoms with Gasteiger partial charge in [0.05, 0.1) is 18.3 Å². The van der Waals surface area contributed by atoms with E-state index in [4.69, 9.17) is 4.74 Å². The minimum Gasteiger partial charge on any atom is -0.491 e. The summed E-state index contributed by atoms with van der Waals surface area (Å²) in [5.74, 6) is 0.699. The molecule has 2 aromatic carbocycles. The van der Waals surface area contributed by atoms with Gasteiger partial charge >= 0.3 is 0 Å². The first-order valence-corrected chi connectivity index (χ1v) is 10.3. The number of thiophene rings is 1. The molecule has 0 radical (unpaired) electrons. The Balaban J connectivity index is 1.56. The predicted molar refractivity (Wildman–Crippen MR) is 117 cm³/mol. The van der Waals surface area contributed by atoms with E-state index in [-0.39, 0.29) is 18.7 Å². The fourth-order valence-corrected chi connectivity index (χ4v) is 4.13. The summed E-state index contributed by atoms with van der Waals surface area (Å²) >= 11 is 1.45. The highest BCUT2D eigenvalue weighted by Gasteiger charge is 2.15. The van der Waals surface area contributed by atoms with E-state index in [2.05, 4.69) is 4.98 Å². The Labute approximate surface area is 172 Å². The number of hydrogen-bond acceptors (Lipinski definition) is 5. The first-order valence-electron chi connectivity index (χ1n) is 9.42. The second kappa shape index (κ2) is 8.19. The van der Waals surface area contributed by atoms with Crippen LogP contribution in [0.25, 0.3) is 21.3 Å². The van der Waals surface area contributed by atoms with Gasteiger partial charge in [-0.2, -0.15) is 0 Å². The number of nitrogens with zero attached hydrogens (tertiary/aromatic N) is 2. The number of rotatable bonds is 6. The molecule has 6 heteroatoms. The molecular formula is C23H22N2O3S.